The fourth-order valence-corrected chi connectivity index (χ4v) is 4.90. The lowest BCUT2D eigenvalue weighted by molar-refractivity contribution is -0.113. The average molecular weight is 506 g/mol. The van der Waals surface area contributed by atoms with E-state index >= 15 is 0 Å². The molecule has 0 fully saturated rings. The van der Waals surface area contributed by atoms with E-state index in [-0.39, 0.29) is 17.8 Å². The average Bonchev–Trinajstić information content (AvgIpc) is 3.48. The molecule has 1 amide bonds. The lowest BCUT2D eigenvalue weighted by Gasteiger charge is -2.16. The monoisotopic (exact) mass is 505 g/mol. The minimum Gasteiger partial charge on any atom is -0.483 e. The van der Waals surface area contributed by atoms with E-state index in [9.17, 15) is 4.79 Å². The molecule has 0 saturated heterocycles. The second-order valence-corrected chi connectivity index (χ2v) is 9.79. The van der Waals surface area contributed by atoms with Crippen LogP contribution in [0.1, 0.15) is 30.0 Å². The highest BCUT2D eigenvalue weighted by atomic mass is 32.2. The molecule has 1 N–H and O–H groups in total. The van der Waals surface area contributed by atoms with E-state index in [2.05, 4.69) is 40.9 Å². The van der Waals surface area contributed by atoms with E-state index in [4.69, 9.17) is 4.74 Å². The van der Waals surface area contributed by atoms with Gasteiger partial charge in [0.1, 0.15) is 5.75 Å². The summed E-state index contributed by atoms with van der Waals surface area (Å²) in [5.74, 6) is 1.49. The van der Waals surface area contributed by atoms with Gasteiger partial charge in [-0.3, -0.25) is 9.36 Å². The van der Waals surface area contributed by atoms with Gasteiger partial charge in [-0.2, -0.15) is 0 Å². The highest BCUT2D eigenvalue weighted by Crippen LogP contribution is 2.27. The van der Waals surface area contributed by atoms with Gasteiger partial charge in [-0.05, 0) is 44.0 Å². The highest BCUT2D eigenvalue weighted by molar-refractivity contribution is 7.99. The third-order valence-corrected chi connectivity index (χ3v) is 7.09. The summed E-state index contributed by atoms with van der Waals surface area (Å²) in [5.41, 5.74) is 4.24. The first-order chi connectivity index (χ1) is 16.9. The Morgan fingerprint density at radius 3 is 2.74 bits per heavy atom. The summed E-state index contributed by atoms with van der Waals surface area (Å²) in [4.78, 5) is 17.1. The third-order valence-electron chi connectivity index (χ3n) is 5.36. The van der Waals surface area contributed by atoms with E-state index in [1.165, 1.54) is 34.2 Å². The zero-order valence-corrected chi connectivity index (χ0v) is 21.5. The fraction of sp³-hybridized carbons (Fsp3) is 0.231. The van der Waals surface area contributed by atoms with Crippen LogP contribution >= 0.6 is 23.1 Å². The van der Waals surface area contributed by atoms with Crippen molar-refractivity contribution in [1.82, 2.24) is 19.7 Å². The number of hydrogen-bond donors (Lipinski definition) is 1. The van der Waals surface area contributed by atoms with Crippen LogP contribution in [-0.2, 0) is 11.3 Å². The molecular weight excluding hydrogens is 478 g/mol. The molecule has 0 radical (unpaired) electrons. The van der Waals surface area contributed by atoms with Crippen molar-refractivity contribution in [3.05, 3.63) is 83.5 Å². The smallest absolute Gasteiger partial charge is 0.236 e. The number of thiazole rings is 1. The number of hydrogen-bond acceptors (Lipinski definition) is 7. The second-order valence-electron chi connectivity index (χ2n) is 7.99. The largest absolute Gasteiger partial charge is 0.483 e. The maximum Gasteiger partial charge on any atom is 0.236 e. The van der Waals surface area contributed by atoms with Crippen molar-refractivity contribution in [2.45, 2.75) is 38.6 Å². The van der Waals surface area contributed by atoms with E-state index < -0.39 is 0 Å². The molecule has 0 saturated carbocycles. The zero-order valence-electron chi connectivity index (χ0n) is 19.9. The molecule has 0 aliphatic rings. The molecule has 7 nitrogen and oxygen atoms in total. The summed E-state index contributed by atoms with van der Waals surface area (Å²) < 4.78 is 8.05. The minimum absolute atomic E-state index is 0.155. The lowest BCUT2D eigenvalue weighted by atomic mass is 10.1. The van der Waals surface area contributed by atoms with Crippen molar-refractivity contribution in [3.63, 3.8) is 0 Å². The first kappa shape index (κ1) is 24.7. The van der Waals surface area contributed by atoms with Crippen LogP contribution in [0.2, 0.25) is 0 Å². The molecule has 0 aliphatic heterocycles. The Labute approximate surface area is 213 Å². The molecule has 2 aromatic carbocycles. The SMILES string of the molecule is C=CCn1c(SCC(=O)Nc2nc(-c3ccccc3)cs2)nnc1C(C)Oc1ccc(C)c(C)c1. The van der Waals surface area contributed by atoms with Crippen LogP contribution < -0.4 is 10.1 Å². The van der Waals surface area contributed by atoms with Gasteiger partial charge < -0.3 is 10.1 Å². The van der Waals surface area contributed by atoms with Crippen molar-refractivity contribution in [2.75, 3.05) is 11.1 Å². The van der Waals surface area contributed by atoms with Crippen LogP contribution in [0.5, 0.6) is 5.75 Å². The van der Waals surface area contributed by atoms with E-state index in [1.807, 2.05) is 65.4 Å². The van der Waals surface area contributed by atoms with Crippen LogP contribution in [0, 0.1) is 13.8 Å². The van der Waals surface area contributed by atoms with Crippen molar-refractivity contribution < 1.29 is 9.53 Å². The molecule has 9 heteroatoms. The van der Waals surface area contributed by atoms with Crippen molar-refractivity contribution in [1.29, 1.82) is 0 Å². The molecule has 1 unspecified atom stereocenters. The molecule has 2 aromatic heterocycles. The van der Waals surface area contributed by atoms with Crippen LogP contribution in [-0.4, -0.2) is 31.4 Å². The van der Waals surface area contributed by atoms with Gasteiger partial charge in [0, 0.05) is 17.5 Å². The van der Waals surface area contributed by atoms with Crippen LogP contribution in [0.15, 0.2) is 71.7 Å². The lowest BCUT2D eigenvalue weighted by Crippen LogP contribution is -2.15. The van der Waals surface area contributed by atoms with Gasteiger partial charge in [0.25, 0.3) is 0 Å². The zero-order chi connectivity index (χ0) is 24.8. The Morgan fingerprint density at radius 2 is 2.00 bits per heavy atom. The van der Waals surface area contributed by atoms with Crippen molar-refractivity contribution in [3.8, 4) is 17.0 Å². The number of amides is 1. The first-order valence-electron chi connectivity index (χ1n) is 11.2. The van der Waals surface area contributed by atoms with Gasteiger partial charge in [-0.1, -0.05) is 54.2 Å². The number of ether oxygens (including phenoxy) is 1. The van der Waals surface area contributed by atoms with Gasteiger partial charge >= 0.3 is 0 Å². The number of benzene rings is 2. The highest BCUT2D eigenvalue weighted by Gasteiger charge is 2.20. The fourth-order valence-electron chi connectivity index (χ4n) is 3.41. The number of anilines is 1. The molecule has 4 aromatic rings. The maximum absolute atomic E-state index is 12.6. The summed E-state index contributed by atoms with van der Waals surface area (Å²) in [6, 6.07) is 15.9. The molecule has 2 heterocycles. The summed E-state index contributed by atoms with van der Waals surface area (Å²) in [7, 11) is 0. The van der Waals surface area contributed by atoms with Crippen LogP contribution in [0.25, 0.3) is 11.3 Å². The van der Waals surface area contributed by atoms with E-state index in [0.29, 0.717) is 22.7 Å². The van der Waals surface area contributed by atoms with Crippen LogP contribution in [0.3, 0.4) is 0 Å². The normalized spacial score (nSPS) is 11.7. The molecule has 0 aliphatic carbocycles. The van der Waals surface area contributed by atoms with Gasteiger partial charge in [0.15, 0.2) is 22.2 Å². The van der Waals surface area contributed by atoms with Gasteiger partial charge in [0.05, 0.1) is 11.4 Å². The van der Waals surface area contributed by atoms with E-state index in [0.717, 1.165) is 17.0 Å². The Balaban J connectivity index is 1.39. The number of aryl methyl sites for hydroxylation is 2. The number of rotatable bonds is 10. The Morgan fingerprint density at radius 1 is 1.20 bits per heavy atom. The Kier molecular flexibility index (Phi) is 7.99. The molecule has 0 spiro atoms. The van der Waals surface area contributed by atoms with Gasteiger partial charge in [0.2, 0.25) is 5.91 Å². The first-order valence-corrected chi connectivity index (χ1v) is 13.0. The molecule has 35 heavy (non-hydrogen) atoms. The predicted molar refractivity (Wildman–Crippen MR) is 142 cm³/mol. The third kappa shape index (κ3) is 6.17. The Bertz CT molecular complexity index is 1320. The number of allylic oxidation sites excluding steroid dienone is 1. The second kappa shape index (κ2) is 11.3. The van der Waals surface area contributed by atoms with E-state index in [1.54, 1.807) is 6.08 Å². The number of nitrogens with zero attached hydrogens (tertiary/aromatic N) is 4. The summed E-state index contributed by atoms with van der Waals surface area (Å²) in [6.07, 6.45) is 1.46. The predicted octanol–water partition coefficient (Wildman–Crippen LogP) is 6.08. The molecule has 0 bridgehead atoms. The summed E-state index contributed by atoms with van der Waals surface area (Å²) in [6.45, 7) is 10.4. The molecule has 1 atom stereocenters. The Hall–Kier alpha value is -3.43. The summed E-state index contributed by atoms with van der Waals surface area (Å²) in [5, 5.41) is 14.7. The standard InChI is InChI=1S/C26H27N5O2S2/c1-5-13-31-24(19(4)33-21-12-11-17(2)18(3)14-21)29-30-26(31)35-16-23(32)28-25-27-22(15-34-25)20-9-7-6-8-10-20/h5-12,14-15,19H,1,13,16H2,2-4H3,(H,27,28,32). The number of thioether (sulfide) groups is 1. The number of aromatic nitrogens is 4. The number of carbonyl (C=O) groups excluding carboxylic acids is 1. The van der Waals surface area contributed by atoms with Crippen molar-refractivity contribution >= 4 is 34.1 Å². The molecular formula is C26H27N5O2S2. The van der Waals surface area contributed by atoms with Gasteiger partial charge in [-0.25, -0.2) is 4.98 Å². The molecule has 4 rings (SSSR count). The minimum atomic E-state index is -0.320. The topological polar surface area (TPSA) is 81.9 Å². The number of carbonyl (C=O) groups is 1. The summed E-state index contributed by atoms with van der Waals surface area (Å²) >= 11 is 2.72. The quantitative estimate of drug-likeness (QED) is 0.208. The van der Waals surface area contributed by atoms with Crippen LogP contribution in [0.4, 0.5) is 5.13 Å². The number of nitrogens with one attached hydrogen (secondary N) is 1. The molecule has 180 valence electrons. The maximum atomic E-state index is 12.6. The van der Waals surface area contributed by atoms with Gasteiger partial charge in [-0.15, -0.1) is 28.1 Å². The van der Waals surface area contributed by atoms with Crippen molar-refractivity contribution in [2.24, 2.45) is 0 Å².